The molecule has 0 unspecified atom stereocenters. The van der Waals surface area contributed by atoms with Crippen molar-refractivity contribution in [2.45, 2.75) is 0 Å². The summed E-state index contributed by atoms with van der Waals surface area (Å²) in [6, 6.07) is 12.3. The third kappa shape index (κ3) is 1.98. The van der Waals surface area contributed by atoms with Crippen molar-refractivity contribution in [3.05, 3.63) is 40.9 Å². The van der Waals surface area contributed by atoms with Gasteiger partial charge in [-0.3, -0.25) is 0 Å². The largest absolute Gasteiger partial charge is 0.489 e. The summed E-state index contributed by atoms with van der Waals surface area (Å²) in [6.07, 6.45) is 0. The average Bonchev–Trinajstić information content (AvgIpc) is 2.89. The number of halogens is 1. The Hall–Kier alpha value is -1.59. The molecule has 0 spiro atoms. The summed E-state index contributed by atoms with van der Waals surface area (Å²) in [7, 11) is 0. The molecule has 100 valence electrons. The van der Waals surface area contributed by atoms with Crippen LogP contribution in [0.2, 0.25) is 0 Å². The lowest BCUT2D eigenvalue weighted by Crippen LogP contribution is -2.18. The van der Waals surface area contributed by atoms with Gasteiger partial charge in [-0.05, 0) is 30.3 Å². The molecule has 4 rings (SSSR count). The number of anilines is 1. The molecule has 0 saturated carbocycles. The molecule has 0 radical (unpaired) electrons. The van der Waals surface area contributed by atoms with Gasteiger partial charge in [-0.2, -0.15) is 0 Å². The number of benzene rings is 2. The highest BCUT2D eigenvalue weighted by atomic mass is 79.9. The topological polar surface area (TPSA) is 34.1 Å². The van der Waals surface area contributed by atoms with Gasteiger partial charge < -0.3 is 10.1 Å². The van der Waals surface area contributed by atoms with E-state index in [4.69, 9.17) is 9.72 Å². The zero-order valence-electron chi connectivity index (χ0n) is 10.5. The molecule has 2 aromatic carbocycles. The van der Waals surface area contributed by atoms with Gasteiger partial charge in [0, 0.05) is 11.0 Å². The summed E-state index contributed by atoms with van der Waals surface area (Å²) in [5.74, 6) is 0.914. The summed E-state index contributed by atoms with van der Waals surface area (Å²) in [5.41, 5.74) is 3.13. The van der Waals surface area contributed by atoms with Crippen LogP contribution in [0.25, 0.3) is 20.8 Å². The van der Waals surface area contributed by atoms with Gasteiger partial charge in [0.1, 0.15) is 11.6 Å². The molecule has 0 saturated heterocycles. The molecule has 1 aliphatic heterocycles. The second-order valence-corrected chi connectivity index (χ2v) is 6.53. The molecule has 1 aromatic heterocycles. The summed E-state index contributed by atoms with van der Waals surface area (Å²) in [5, 5.41) is 4.36. The number of para-hydroxylation sites is 1. The fourth-order valence-corrected chi connectivity index (χ4v) is 3.67. The monoisotopic (exact) mass is 346 g/mol. The van der Waals surface area contributed by atoms with Crippen LogP contribution in [0.1, 0.15) is 0 Å². The van der Waals surface area contributed by atoms with Crippen LogP contribution < -0.4 is 10.1 Å². The maximum Gasteiger partial charge on any atom is 0.152 e. The van der Waals surface area contributed by atoms with Gasteiger partial charge in [-0.15, -0.1) is 11.3 Å². The minimum absolute atomic E-state index is 0.695. The smallest absolute Gasteiger partial charge is 0.152 e. The minimum Gasteiger partial charge on any atom is -0.489 e. The second kappa shape index (κ2) is 4.75. The van der Waals surface area contributed by atoms with Crippen LogP contribution in [0.15, 0.2) is 40.9 Å². The summed E-state index contributed by atoms with van der Waals surface area (Å²) in [6.45, 7) is 1.55. The lowest BCUT2D eigenvalue weighted by molar-refractivity contribution is 0.324. The van der Waals surface area contributed by atoms with E-state index < -0.39 is 0 Å². The van der Waals surface area contributed by atoms with Gasteiger partial charge in [0.05, 0.1) is 21.5 Å². The summed E-state index contributed by atoms with van der Waals surface area (Å²) in [4.78, 5) is 4.73. The van der Waals surface area contributed by atoms with Crippen molar-refractivity contribution in [1.82, 2.24) is 4.98 Å². The number of thiazole rings is 1. The molecule has 0 amide bonds. The standard InChI is InChI=1S/C15H11BrN2OS/c16-9-4-5-13-12(8-9)18-15(20-13)10-2-1-3-11-14(10)19-7-6-17-11/h1-5,8,17H,6-7H2. The van der Waals surface area contributed by atoms with Gasteiger partial charge in [0.15, 0.2) is 5.75 Å². The molecule has 0 bridgehead atoms. The van der Waals surface area contributed by atoms with Crippen LogP contribution in [0.5, 0.6) is 5.75 Å². The highest BCUT2D eigenvalue weighted by Gasteiger charge is 2.17. The van der Waals surface area contributed by atoms with Gasteiger partial charge in [-0.1, -0.05) is 22.0 Å². The van der Waals surface area contributed by atoms with Crippen LogP contribution in [-0.4, -0.2) is 18.1 Å². The number of hydrogen-bond donors (Lipinski definition) is 1. The Bertz CT molecular complexity index is 800. The van der Waals surface area contributed by atoms with Gasteiger partial charge >= 0.3 is 0 Å². The van der Waals surface area contributed by atoms with Crippen molar-refractivity contribution in [2.75, 3.05) is 18.5 Å². The van der Waals surface area contributed by atoms with Crippen molar-refractivity contribution in [1.29, 1.82) is 0 Å². The molecular formula is C15H11BrN2OS. The maximum atomic E-state index is 5.82. The molecule has 5 heteroatoms. The molecule has 2 heterocycles. The number of fused-ring (bicyclic) bond motifs is 2. The summed E-state index contributed by atoms with van der Waals surface area (Å²) >= 11 is 5.18. The van der Waals surface area contributed by atoms with E-state index in [2.05, 4.69) is 33.4 Å². The molecule has 0 fully saturated rings. The van der Waals surface area contributed by atoms with Gasteiger partial charge in [-0.25, -0.2) is 4.98 Å². The van der Waals surface area contributed by atoms with Gasteiger partial charge in [0.2, 0.25) is 0 Å². The first kappa shape index (κ1) is 12.2. The third-order valence-electron chi connectivity index (χ3n) is 3.26. The van der Waals surface area contributed by atoms with E-state index in [1.165, 1.54) is 4.70 Å². The first-order valence-electron chi connectivity index (χ1n) is 6.37. The third-order valence-corrected chi connectivity index (χ3v) is 4.82. The normalized spacial score (nSPS) is 13.7. The molecule has 3 aromatic rings. The predicted octanol–water partition coefficient (Wildman–Crippen LogP) is 4.53. The van der Waals surface area contributed by atoms with E-state index in [9.17, 15) is 0 Å². The van der Waals surface area contributed by atoms with E-state index in [1.54, 1.807) is 11.3 Å². The Labute approximate surface area is 128 Å². The molecule has 3 nitrogen and oxygen atoms in total. The van der Waals surface area contributed by atoms with E-state index in [0.29, 0.717) is 6.61 Å². The number of rotatable bonds is 1. The molecule has 0 atom stereocenters. The van der Waals surface area contributed by atoms with Crippen LogP contribution in [0, 0.1) is 0 Å². The van der Waals surface area contributed by atoms with Crippen molar-refractivity contribution in [3.63, 3.8) is 0 Å². The first-order valence-corrected chi connectivity index (χ1v) is 7.98. The zero-order chi connectivity index (χ0) is 13.5. The molecule has 20 heavy (non-hydrogen) atoms. The van der Waals surface area contributed by atoms with E-state index >= 15 is 0 Å². The number of ether oxygens (including phenoxy) is 1. The quantitative estimate of drug-likeness (QED) is 0.702. The van der Waals surface area contributed by atoms with Gasteiger partial charge in [0.25, 0.3) is 0 Å². The Morgan fingerprint density at radius 1 is 1.25 bits per heavy atom. The van der Waals surface area contributed by atoms with Crippen molar-refractivity contribution < 1.29 is 4.74 Å². The Balaban J connectivity index is 1.90. The van der Waals surface area contributed by atoms with E-state index in [1.807, 2.05) is 24.3 Å². The molecular weight excluding hydrogens is 336 g/mol. The lowest BCUT2D eigenvalue weighted by atomic mass is 10.1. The highest BCUT2D eigenvalue weighted by molar-refractivity contribution is 9.10. The summed E-state index contributed by atoms with van der Waals surface area (Å²) < 4.78 is 8.06. The highest BCUT2D eigenvalue weighted by Crippen LogP contribution is 2.41. The van der Waals surface area contributed by atoms with E-state index in [-0.39, 0.29) is 0 Å². The molecule has 1 aliphatic rings. The number of nitrogens with one attached hydrogen (secondary N) is 1. The fraction of sp³-hybridized carbons (Fsp3) is 0.133. The van der Waals surface area contributed by atoms with E-state index in [0.717, 1.165) is 38.5 Å². The number of nitrogens with zero attached hydrogens (tertiary/aromatic N) is 1. The van der Waals surface area contributed by atoms with Crippen LogP contribution in [0.4, 0.5) is 5.69 Å². The second-order valence-electron chi connectivity index (χ2n) is 4.59. The fourth-order valence-electron chi connectivity index (χ4n) is 2.35. The first-order chi connectivity index (χ1) is 9.81. The minimum atomic E-state index is 0.695. The maximum absolute atomic E-state index is 5.82. The molecule has 1 N–H and O–H groups in total. The Morgan fingerprint density at radius 3 is 3.15 bits per heavy atom. The van der Waals surface area contributed by atoms with Crippen molar-refractivity contribution >= 4 is 43.2 Å². The molecule has 0 aliphatic carbocycles. The van der Waals surface area contributed by atoms with Crippen LogP contribution in [-0.2, 0) is 0 Å². The predicted molar refractivity (Wildman–Crippen MR) is 86.7 cm³/mol. The average molecular weight is 347 g/mol. The Morgan fingerprint density at radius 2 is 2.20 bits per heavy atom. The SMILES string of the molecule is Brc1ccc2sc(-c3cccc4c3OCCN4)nc2c1. The van der Waals surface area contributed by atoms with Crippen LogP contribution >= 0.6 is 27.3 Å². The Kier molecular flexibility index (Phi) is 2.89. The number of aromatic nitrogens is 1. The lowest BCUT2D eigenvalue weighted by Gasteiger charge is -2.20. The van der Waals surface area contributed by atoms with Crippen molar-refractivity contribution in [3.8, 4) is 16.3 Å². The van der Waals surface area contributed by atoms with Crippen molar-refractivity contribution in [2.24, 2.45) is 0 Å². The number of hydrogen-bond acceptors (Lipinski definition) is 4. The zero-order valence-corrected chi connectivity index (χ0v) is 12.9. The van der Waals surface area contributed by atoms with Crippen LogP contribution in [0.3, 0.4) is 0 Å².